The number of nitrogens with two attached hydrogens (primary N) is 1. The van der Waals surface area contributed by atoms with Gasteiger partial charge in [-0.25, -0.2) is 4.98 Å². The van der Waals surface area contributed by atoms with E-state index in [1.165, 1.54) is 0 Å². The Morgan fingerprint density at radius 2 is 1.93 bits per heavy atom. The lowest BCUT2D eigenvalue weighted by Gasteiger charge is -1.95. The minimum atomic E-state index is 0.606. The molecule has 0 bridgehead atoms. The number of anilines is 1. The Morgan fingerprint density at radius 1 is 1.29 bits per heavy atom. The van der Waals surface area contributed by atoms with Crippen LogP contribution in [0.25, 0.3) is 11.5 Å². The van der Waals surface area contributed by atoms with Crippen molar-refractivity contribution in [3.8, 4) is 11.5 Å². The molecule has 1 aromatic heterocycles. The number of hydrogen-bond donors (Lipinski definition) is 1. The number of halogens is 1. The number of benzene rings is 1. The van der Waals surface area contributed by atoms with Crippen molar-refractivity contribution in [2.75, 3.05) is 5.73 Å². The molecule has 3 nitrogen and oxygen atoms in total. The molecular weight excluding hydrogens is 244 g/mol. The van der Waals surface area contributed by atoms with Crippen molar-refractivity contribution in [2.45, 2.75) is 6.92 Å². The second kappa shape index (κ2) is 3.46. The first-order chi connectivity index (χ1) is 6.66. The van der Waals surface area contributed by atoms with Crippen molar-refractivity contribution in [3.63, 3.8) is 0 Å². The highest BCUT2D eigenvalue weighted by atomic mass is 79.9. The highest BCUT2D eigenvalue weighted by Gasteiger charge is 2.08. The van der Waals surface area contributed by atoms with Crippen LogP contribution in [0.5, 0.6) is 0 Å². The molecule has 72 valence electrons. The normalized spacial score (nSPS) is 10.4. The van der Waals surface area contributed by atoms with Gasteiger partial charge in [-0.05, 0) is 47.1 Å². The molecule has 0 atom stereocenters. The van der Waals surface area contributed by atoms with Crippen molar-refractivity contribution in [1.82, 2.24) is 4.98 Å². The summed E-state index contributed by atoms with van der Waals surface area (Å²) in [6.45, 7) is 1.88. The van der Waals surface area contributed by atoms with Gasteiger partial charge < -0.3 is 10.2 Å². The van der Waals surface area contributed by atoms with Gasteiger partial charge in [0.2, 0.25) is 5.89 Å². The number of aryl methyl sites for hydroxylation is 1. The number of hydrogen-bond acceptors (Lipinski definition) is 3. The first kappa shape index (κ1) is 9.27. The second-order valence-corrected chi connectivity index (χ2v) is 3.72. The van der Waals surface area contributed by atoms with E-state index in [4.69, 9.17) is 10.2 Å². The summed E-state index contributed by atoms with van der Waals surface area (Å²) in [6, 6.07) is 7.41. The zero-order chi connectivity index (χ0) is 10.1. The van der Waals surface area contributed by atoms with Gasteiger partial charge in [-0.15, -0.1) is 0 Å². The molecule has 1 heterocycles. The molecule has 0 saturated carbocycles. The predicted molar refractivity (Wildman–Crippen MR) is 58.8 cm³/mol. The first-order valence-corrected chi connectivity index (χ1v) is 4.95. The summed E-state index contributed by atoms with van der Waals surface area (Å²) in [5, 5.41) is 0. The van der Waals surface area contributed by atoms with Crippen LogP contribution in [0.2, 0.25) is 0 Å². The van der Waals surface area contributed by atoms with Gasteiger partial charge in [0.15, 0.2) is 4.67 Å². The maximum absolute atomic E-state index is 5.58. The summed E-state index contributed by atoms with van der Waals surface area (Å²) in [6.07, 6.45) is 0. The summed E-state index contributed by atoms with van der Waals surface area (Å²) < 4.78 is 6.08. The summed E-state index contributed by atoms with van der Waals surface area (Å²) in [5.74, 6) is 0.606. The molecule has 0 amide bonds. The van der Waals surface area contributed by atoms with E-state index in [1.54, 1.807) is 0 Å². The predicted octanol–water partition coefficient (Wildman–Crippen LogP) is 2.99. The van der Waals surface area contributed by atoms with Gasteiger partial charge in [-0.3, -0.25) is 0 Å². The van der Waals surface area contributed by atoms with Crippen molar-refractivity contribution in [2.24, 2.45) is 0 Å². The van der Waals surface area contributed by atoms with Gasteiger partial charge in [-0.1, -0.05) is 0 Å². The molecule has 0 aliphatic heterocycles. The van der Waals surface area contributed by atoms with Gasteiger partial charge in [0, 0.05) is 11.3 Å². The Bertz CT molecular complexity index is 428. The summed E-state index contributed by atoms with van der Waals surface area (Å²) in [4.78, 5) is 4.26. The van der Waals surface area contributed by atoms with Crippen LogP contribution >= 0.6 is 15.9 Å². The fourth-order valence-electron chi connectivity index (χ4n) is 1.13. The molecule has 2 rings (SSSR count). The quantitative estimate of drug-likeness (QED) is 0.795. The van der Waals surface area contributed by atoms with Gasteiger partial charge in [0.1, 0.15) is 0 Å². The topological polar surface area (TPSA) is 52.0 Å². The van der Waals surface area contributed by atoms with Crippen molar-refractivity contribution in [3.05, 3.63) is 34.6 Å². The molecule has 14 heavy (non-hydrogen) atoms. The van der Waals surface area contributed by atoms with Crippen LogP contribution in [-0.4, -0.2) is 4.98 Å². The number of nitrogen functional groups attached to an aromatic ring is 1. The van der Waals surface area contributed by atoms with E-state index in [1.807, 2.05) is 31.2 Å². The van der Waals surface area contributed by atoms with Crippen LogP contribution in [0.3, 0.4) is 0 Å². The van der Waals surface area contributed by atoms with E-state index in [2.05, 4.69) is 20.9 Å². The summed E-state index contributed by atoms with van der Waals surface area (Å²) >= 11 is 3.27. The molecule has 0 saturated heterocycles. The third-order valence-corrected chi connectivity index (χ3v) is 2.63. The molecule has 0 spiro atoms. The molecule has 2 N–H and O–H groups in total. The molecule has 0 aliphatic carbocycles. The molecule has 0 radical (unpaired) electrons. The molecular formula is C10H9BrN2O. The average Bonchev–Trinajstić information content (AvgIpc) is 2.48. The van der Waals surface area contributed by atoms with Gasteiger partial charge in [0.05, 0.1) is 5.69 Å². The van der Waals surface area contributed by atoms with E-state index >= 15 is 0 Å². The first-order valence-electron chi connectivity index (χ1n) is 4.15. The van der Waals surface area contributed by atoms with E-state index in [9.17, 15) is 0 Å². The van der Waals surface area contributed by atoms with Gasteiger partial charge in [0.25, 0.3) is 0 Å². The van der Waals surface area contributed by atoms with Crippen molar-refractivity contribution >= 4 is 21.6 Å². The standard InChI is InChI=1S/C10H9BrN2O/c1-6-9(11)14-10(13-6)7-2-4-8(12)5-3-7/h2-5H,12H2,1H3. The minimum Gasteiger partial charge on any atom is -0.429 e. The lowest BCUT2D eigenvalue weighted by Crippen LogP contribution is -1.83. The smallest absolute Gasteiger partial charge is 0.227 e. The number of oxazole rings is 1. The molecule has 4 heteroatoms. The van der Waals surface area contributed by atoms with Crippen LogP contribution in [0, 0.1) is 6.92 Å². The average molecular weight is 253 g/mol. The van der Waals surface area contributed by atoms with Crippen molar-refractivity contribution in [1.29, 1.82) is 0 Å². The van der Waals surface area contributed by atoms with Gasteiger partial charge >= 0.3 is 0 Å². The Morgan fingerprint density at radius 3 is 2.43 bits per heavy atom. The van der Waals surface area contributed by atoms with Crippen LogP contribution in [0.4, 0.5) is 5.69 Å². The van der Waals surface area contributed by atoms with E-state index in [0.717, 1.165) is 16.9 Å². The summed E-state index contributed by atoms with van der Waals surface area (Å²) in [5.41, 5.74) is 8.08. The van der Waals surface area contributed by atoms with Gasteiger partial charge in [-0.2, -0.15) is 0 Å². The Labute approximate surface area is 90.1 Å². The van der Waals surface area contributed by atoms with Crippen LogP contribution < -0.4 is 5.73 Å². The largest absolute Gasteiger partial charge is 0.429 e. The third kappa shape index (κ3) is 1.65. The highest BCUT2D eigenvalue weighted by molar-refractivity contribution is 9.10. The van der Waals surface area contributed by atoms with E-state index < -0.39 is 0 Å². The highest BCUT2D eigenvalue weighted by Crippen LogP contribution is 2.25. The molecule has 2 aromatic rings. The third-order valence-electron chi connectivity index (χ3n) is 1.90. The molecule has 0 unspecified atom stereocenters. The minimum absolute atomic E-state index is 0.606. The molecule has 0 aliphatic rings. The fraction of sp³-hybridized carbons (Fsp3) is 0.100. The maximum Gasteiger partial charge on any atom is 0.227 e. The lowest BCUT2D eigenvalue weighted by atomic mass is 10.2. The zero-order valence-electron chi connectivity index (χ0n) is 7.62. The lowest BCUT2D eigenvalue weighted by molar-refractivity contribution is 0.548. The molecule has 1 aromatic carbocycles. The Hall–Kier alpha value is -1.29. The number of nitrogens with zero attached hydrogens (tertiary/aromatic N) is 1. The Balaban J connectivity index is 2.44. The van der Waals surface area contributed by atoms with Crippen LogP contribution in [-0.2, 0) is 0 Å². The number of aromatic nitrogens is 1. The monoisotopic (exact) mass is 252 g/mol. The number of rotatable bonds is 1. The fourth-order valence-corrected chi connectivity index (χ4v) is 1.37. The SMILES string of the molecule is Cc1nc(-c2ccc(N)cc2)oc1Br. The van der Waals surface area contributed by atoms with Crippen molar-refractivity contribution < 1.29 is 4.42 Å². The van der Waals surface area contributed by atoms with Crippen LogP contribution in [0.1, 0.15) is 5.69 Å². The Kier molecular flexibility index (Phi) is 2.29. The zero-order valence-corrected chi connectivity index (χ0v) is 9.21. The maximum atomic E-state index is 5.58. The second-order valence-electron chi connectivity index (χ2n) is 3.00. The van der Waals surface area contributed by atoms with Crippen LogP contribution in [0.15, 0.2) is 33.4 Å². The summed E-state index contributed by atoms with van der Waals surface area (Å²) in [7, 11) is 0. The van der Waals surface area contributed by atoms with E-state index in [-0.39, 0.29) is 0 Å². The van der Waals surface area contributed by atoms with E-state index in [0.29, 0.717) is 10.6 Å². The molecule has 0 fully saturated rings.